The summed E-state index contributed by atoms with van der Waals surface area (Å²) in [5.74, 6) is 6.14. The minimum Gasteiger partial charge on any atom is -0.371 e. The summed E-state index contributed by atoms with van der Waals surface area (Å²) >= 11 is 6.16. The lowest BCUT2D eigenvalue weighted by atomic mass is 9.95. The van der Waals surface area contributed by atoms with Gasteiger partial charge in [0, 0.05) is 37.3 Å². The van der Waals surface area contributed by atoms with Gasteiger partial charge in [-0.15, -0.1) is 0 Å². The van der Waals surface area contributed by atoms with Gasteiger partial charge in [0.05, 0.1) is 5.69 Å². The maximum absolute atomic E-state index is 11.0. The molecule has 0 aliphatic carbocycles. The highest BCUT2D eigenvalue weighted by Gasteiger charge is 2.21. The maximum Gasteiger partial charge on any atom is 0.216 e. The highest BCUT2D eigenvalue weighted by molar-refractivity contribution is 6.31. The van der Waals surface area contributed by atoms with Crippen LogP contribution < -0.4 is 21.5 Å². The second kappa shape index (κ2) is 7.00. The van der Waals surface area contributed by atoms with E-state index in [0.29, 0.717) is 10.9 Å². The van der Waals surface area contributed by atoms with Gasteiger partial charge in [0.1, 0.15) is 0 Å². The Hall–Kier alpha value is -1.46. The first kappa shape index (κ1) is 15.9. The van der Waals surface area contributed by atoms with E-state index in [1.165, 1.54) is 0 Å². The lowest BCUT2D eigenvalue weighted by Crippen LogP contribution is -2.38. The zero-order chi connectivity index (χ0) is 15.4. The summed E-state index contributed by atoms with van der Waals surface area (Å²) in [5, 5.41) is 3.59. The van der Waals surface area contributed by atoms with Gasteiger partial charge >= 0.3 is 0 Å². The van der Waals surface area contributed by atoms with Crippen molar-refractivity contribution < 1.29 is 4.79 Å². The van der Waals surface area contributed by atoms with Crippen LogP contribution in [0.2, 0.25) is 5.02 Å². The summed E-state index contributed by atoms with van der Waals surface area (Å²) in [6.45, 7) is 6.31. The summed E-state index contributed by atoms with van der Waals surface area (Å²) in [6, 6.07) is 3.83. The van der Waals surface area contributed by atoms with E-state index in [4.69, 9.17) is 17.4 Å². The van der Waals surface area contributed by atoms with Gasteiger partial charge in [-0.1, -0.05) is 11.6 Å². The Labute approximate surface area is 130 Å². The number of nitrogens with zero attached hydrogens (tertiary/aromatic N) is 1. The van der Waals surface area contributed by atoms with Crippen LogP contribution in [0.4, 0.5) is 11.4 Å². The van der Waals surface area contributed by atoms with E-state index in [9.17, 15) is 4.79 Å². The van der Waals surface area contributed by atoms with Crippen LogP contribution in [-0.2, 0) is 4.79 Å². The fourth-order valence-electron chi connectivity index (χ4n) is 2.81. The molecular formula is C15H23ClN4O. The molecule has 1 amide bonds. The van der Waals surface area contributed by atoms with Gasteiger partial charge in [0.15, 0.2) is 0 Å². The zero-order valence-electron chi connectivity index (χ0n) is 12.6. The van der Waals surface area contributed by atoms with Crippen molar-refractivity contribution in [3.8, 4) is 0 Å². The molecular weight excluding hydrogens is 288 g/mol. The van der Waals surface area contributed by atoms with Gasteiger partial charge in [-0.25, -0.2) is 0 Å². The Bertz CT molecular complexity index is 513. The number of carbonyl (C=O) groups excluding carboxylic acids is 1. The molecule has 6 heteroatoms. The highest BCUT2D eigenvalue weighted by Crippen LogP contribution is 2.33. The Balaban J connectivity index is 2.02. The second-order valence-electron chi connectivity index (χ2n) is 5.61. The summed E-state index contributed by atoms with van der Waals surface area (Å²) in [6.07, 6.45) is 2.13. The quantitative estimate of drug-likeness (QED) is 0.589. The van der Waals surface area contributed by atoms with Gasteiger partial charge in [-0.05, 0) is 43.4 Å². The van der Waals surface area contributed by atoms with Gasteiger partial charge in [0.25, 0.3) is 0 Å². The van der Waals surface area contributed by atoms with Crippen molar-refractivity contribution >= 4 is 28.9 Å². The van der Waals surface area contributed by atoms with E-state index >= 15 is 0 Å². The number of amides is 1. The number of halogens is 1. The van der Waals surface area contributed by atoms with Crippen LogP contribution in [0.5, 0.6) is 0 Å². The molecule has 1 aromatic rings. The summed E-state index contributed by atoms with van der Waals surface area (Å²) < 4.78 is 0. The normalized spacial score (nSPS) is 15.9. The fraction of sp³-hybridized carbons (Fsp3) is 0.533. The molecule has 0 radical (unpaired) electrons. The molecule has 0 saturated carbocycles. The van der Waals surface area contributed by atoms with Crippen molar-refractivity contribution in [2.45, 2.75) is 26.7 Å². The van der Waals surface area contributed by atoms with E-state index in [1.54, 1.807) is 6.92 Å². The Morgan fingerprint density at radius 2 is 2.10 bits per heavy atom. The molecule has 2 rings (SSSR count). The molecule has 0 spiro atoms. The number of nitrogens with one attached hydrogen (secondary N) is 2. The number of benzene rings is 1. The highest BCUT2D eigenvalue weighted by atomic mass is 35.5. The standard InChI is InChI=1S/C15H23ClN4O/c1-10-14(19-17)7-13(16)8-15(10)20-5-3-12(4-6-20)9-18-11(2)21/h7-8,12,19H,3-6,9,17H2,1-2H3,(H,18,21). The van der Waals surface area contributed by atoms with Crippen molar-refractivity contribution in [2.75, 3.05) is 30.0 Å². The number of anilines is 2. The van der Waals surface area contributed by atoms with E-state index < -0.39 is 0 Å². The van der Waals surface area contributed by atoms with Crippen molar-refractivity contribution in [3.05, 3.63) is 22.7 Å². The summed E-state index contributed by atoms with van der Waals surface area (Å²) in [5.41, 5.74) is 5.80. The fourth-order valence-corrected chi connectivity index (χ4v) is 3.02. The van der Waals surface area contributed by atoms with Crippen molar-refractivity contribution in [1.29, 1.82) is 0 Å². The van der Waals surface area contributed by atoms with E-state index in [0.717, 1.165) is 49.4 Å². The Kier molecular flexibility index (Phi) is 5.31. The lowest BCUT2D eigenvalue weighted by molar-refractivity contribution is -0.119. The molecule has 0 bridgehead atoms. The van der Waals surface area contributed by atoms with Gasteiger partial charge in [-0.3, -0.25) is 10.6 Å². The monoisotopic (exact) mass is 310 g/mol. The number of nitrogen functional groups attached to an aromatic ring is 1. The molecule has 116 valence electrons. The Morgan fingerprint density at radius 3 is 2.67 bits per heavy atom. The topological polar surface area (TPSA) is 70.4 Å². The third kappa shape index (κ3) is 4.02. The van der Waals surface area contributed by atoms with E-state index in [2.05, 4.69) is 15.6 Å². The first-order valence-electron chi connectivity index (χ1n) is 7.27. The molecule has 1 heterocycles. The third-order valence-electron chi connectivity index (χ3n) is 4.10. The average Bonchev–Trinajstić information content (AvgIpc) is 2.47. The van der Waals surface area contributed by atoms with Crippen LogP contribution in [0.25, 0.3) is 0 Å². The molecule has 5 nitrogen and oxygen atoms in total. The van der Waals surface area contributed by atoms with Crippen LogP contribution in [0, 0.1) is 12.8 Å². The van der Waals surface area contributed by atoms with Crippen LogP contribution in [0.15, 0.2) is 12.1 Å². The van der Waals surface area contributed by atoms with E-state index in [-0.39, 0.29) is 5.91 Å². The minimum atomic E-state index is 0.0433. The van der Waals surface area contributed by atoms with Gasteiger partial charge < -0.3 is 15.6 Å². The van der Waals surface area contributed by atoms with Crippen LogP contribution >= 0.6 is 11.6 Å². The Morgan fingerprint density at radius 1 is 1.43 bits per heavy atom. The number of rotatable bonds is 4. The average molecular weight is 311 g/mol. The van der Waals surface area contributed by atoms with Crippen molar-refractivity contribution in [3.63, 3.8) is 0 Å². The number of hydrogen-bond acceptors (Lipinski definition) is 4. The molecule has 1 aromatic carbocycles. The number of hydrazine groups is 1. The lowest BCUT2D eigenvalue weighted by Gasteiger charge is -2.35. The predicted octanol–water partition coefficient (Wildman–Crippen LogP) is 2.29. The van der Waals surface area contributed by atoms with Crippen LogP contribution in [-0.4, -0.2) is 25.5 Å². The number of hydrogen-bond donors (Lipinski definition) is 3. The van der Waals surface area contributed by atoms with Crippen molar-refractivity contribution in [2.24, 2.45) is 11.8 Å². The second-order valence-corrected chi connectivity index (χ2v) is 6.05. The molecule has 0 aromatic heterocycles. The molecule has 1 aliphatic heterocycles. The molecule has 4 N–H and O–H groups in total. The van der Waals surface area contributed by atoms with Crippen LogP contribution in [0.1, 0.15) is 25.3 Å². The maximum atomic E-state index is 11.0. The molecule has 21 heavy (non-hydrogen) atoms. The first-order valence-corrected chi connectivity index (χ1v) is 7.65. The smallest absolute Gasteiger partial charge is 0.216 e. The van der Waals surface area contributed by atoms with Gasteiger partial charge in [-0.2, -0.15) is 0 Å². The molecule has 1 saturated heterocycles. The molecule has 0 atom stereocenters. The molecule has 1 aliphatic rings. The molecule has 0 unspecified atom stereocenters. The minimum absolute atomic E-state index is 0.0433. The summed E-state index contributed by atoms with van der Waals surface area (Å²) in [7, 11) is 0. The third-order valence-corrected chi connectivity index (χ3v) is 4.31. The molecule has 1 fully saturated rings. The summed E-state index contributed by atoms with van der Waals surface area (Å²) in [4.78, 5) is 13.3. The van der Waals surface area contributed by atoms with Gasteiger partial charge in [0.2, 0.25) is 5.91 Å². The largest absolute Gasteiger partial charge is 0.371 e. The number of nitrogens with two attached hydrogens (primary N) is 1. The predicted molar refractivity (Wildman–Crippen MR) is 87.6 cm³/mol. The SMILES string of the molecule is CC(=O)NCC1CCN(c2cc(Cl)cc(NN)c2C)CC1. The van der Waals surface area contributed by atoms with E-state index in [1.807, 2.05) is 19.1 Å². The first-order chi connectivity index (χ1) is 10.0. The number of piperidine rings is 1. The number of carbonyl (C=O) groups is 1. The van der Waals surface area contributed by atoms with Crippen LogP contribution in [0.3, 0.4) is 0 Å². The van der Waals surface area contributed by atoms with Crippen molar-refractivity contribution in [1.82, 2.24) is 5.32 Å². The zero-order valence-corrected chi connectivity index (χ0v) is 13.3.